The predicted molar refractivity (Wildman–Crippen MR) is 72.8 cm³/mol. The van der Waals surface area contributed by atoms with Crippen molar-refractivity contribution in [2.75, 3.05) is 31.7 Å². The van der Waals surface area contributed by atoms with E-state index < -0.39 is 5.97 Å². The van der Waals surface area contributed by atoms with Crippen LogP contribution in [0.4, 0.5) is 6.01 Å². The van der Waals surface area contributed by atoms with Crippen LogP contribution >= 0.6 is 0 Å². The first kappa shape index (κ1) is 14.8. The minimum atomic E-state index is -0.485. The average Bonchev–Trinajstić information content (AvgIpc) is 2.82. The third-order valence-corrected chi connectivity index (χ3v) is 3.43. The van der Waals surface area contributed by atoms with Crippen LogP contribution in [0.3, 0.4) is 0 Å². The maximum absolute atomic E-state index is 11.7. The van der Waals surface area contributed by atoms with Crippen LogP contribution in [0, 0.1) is 6.92 Å². The number of piperidine rings is 1. The Morgan fingerprint density at radius 3 is 3.00 bits per heavy atom. The lowest BCUT2D eigenvalue weighted by Crippen LogP contribution is -2.51. The number of methoxy groups -OCH3 is 1. The van der Waals surface area contributed by atoms with E-state index in [9.17, 15) is 4.79 Å². The standard InChI is InChI=1S/C13H21N3O4/c1-4-19-12(17)11-8(2)15-13(20-11)16-6-5-9(14)10(7-16)18-3/h9-10H,4-7,14H2,1-3H3. The van der Waals surface area contributed by atoms with Gasteiger partial charge in [0.1, 0.15) is 0 Å². The molecule has 0 radical (unpaired) electrons. The molecule has 0 aromatic carbocycles. The molecule has 0 saturated carbocycles. The second-order valence-electron chi connectivity index (χ2n) is 4.80. The smallest absolute Gasteiger partial charge is 0.376 e. The number of hydrogen-bond acceptors (Lipinski definition) is 7. The van der Waals surface area contributed by atoms with Gasteiger partial charge in [0, 0.05) is 19.7 Å². The van der Waals surface area contributed by atoms with E-state index in [4.69, 9.17) is 19.6 Å². The zero-order valence-corrected chi connectivity index (χ0v) is 12.1. The molecule has 1 saturated heterocycles. The molecular weight excluding hydrogens is 262 g/mol. The van der Waals surface area contributed by atoms with Crippen LogP contribution in [-0.2, 0) is 9.47 Å². The van der Waals surface area contributed by atoms with Gasteiger partial charge in [-0.05, 0) is 20.3 Å². The number of rotatable bonds is 4. The van der Waals surface area contributed by atoms with Gasteiger partial charge in [0.25, 0.3) is 6.01 Å². The van der Waals surface area contributed by atoms with Crippen molar-refractivity contribution < 1.29 is 18.7 Å². The zero-order valence-electron chi connectivity index (χ0n) is 12.1. The summed E-state index contributed by atoms with van der Waals surface area (Å²) >= 11 is 0. The Bertz CT molecular complexity index is 474. The number of carbonyl (C=O) groups is 1. The Morgan fingerprint density at radius 1 is 1.60 bits per heavy atom. The summed E-state index contributed by atoms with van der Waals surface area (Å²) in [7, 11) is 1.64. The molecule has 1 aliphatic heterocycles. The normalized spacial score (nSPS) is 22.9. The summed E-state index contributed by atoms with van der Waals surface area (Å²) in [4.78, 5) is 17.9. The van der Waals surface area contributed by atoms with Gasteiger partial charge in [-0.2, -0.15) is 4.98 Å². The Labute approximate surface area is 118 Å². The van der Waals surface area contributed by atoms with Gasteiger partial charge in [-0.3, -0.25) is 0 Å². The molecule has 0 aliphatic carbocycles. The fourth-order valence-corrected chi connectivity index (χ4v) is 2.26. The van der Waals surface area contributed by atoms with E-state index in [2.05, 4.69) is 4.98 Å². The van der Waals surface area contributed by atoms with Gasteiger partial charge in [0.2, 0.25) is 5.76 Å². The van der Waals surface area contributed by atoms with Crippen molar-refractivity contribution in [3.63, 3.8) is 0 Å². The topological polar surface area (TPSA) is 90.8 Å². The highest BCUT2D eigenvalue weighted by atomic mass is 16.5. The molecule has 112 valence electrons. The summed E-state index contributed by atoms with van der Waals surface area (Å²) in [6.45, 7) is 5.10. The van der Waals surface area contributed by atoms with Crippen molar-refractivity contribution in [3.8, 4) is 0 Å². The molecule has 2 atom stereocenters. The highest BCUT2D eigenvalue weighted by Crippen LogP contribution is 2.23. The summed E-state index contributed by atoms with van der Waals surface area (Å²) in [5, 5.41) is 0. The average molecular weight is 283 g/mol. The molecule has 2 heterocycles. The number of esters is 1. The van der Waals surface area contributed by atoms with Crippen molar-refractivity contribution >= 4 is 12.0 Å². The summed E-state index contributed by atoms with van der Waals surface area (Å²) in [6.07, 6.45) is 0.719. The molecule has 0 spiro atoms. The van der Waals surface area contributed by atoms with E-state index in [1.807, 2.05) is 4.90 Å². The third-order valence-electron chi connectivity index (χ3n) is 3.43. The molecule has 2 N–H and O–H groups in total. The van der Waals surface area contributed by atoms with Crippen molar-refractivity contribution in [3.05, 3.63) is 11.5 Å². The molecular formula is C13H21N3O4. The minimum absolute atomic E-state index is 0.0110. The van der Waals surface area contributed by atoms with Crippen molar-refractivity contribution in [2.45, 2.75) is 32.4 Å². The van der Waals surface area contributed by atoms with Gasteiger partial charge >= 0.3 is 5.97 Å². The summed E-state index contributed by atoms with van der Waals surface area (Å²) in [6, 6.07) is 0.427. The summed E-state index contributed by atoms with van der Waals surface area (Å²) in [5.74, 6) is -0.327. The van der Waals surface area contributed by atoms with Gasteiger partial charge in [-0.25, -0.2) is 4.79 Å². The molecule has 2 unspecified atom stereocenters. The molecule has 1 fully saturated rings. The van der Waals surface area contributed by atoms with Crippen molar-refractivity contribution in [1.82, 2.24) is 4.98 Å². The quantitative estimate of drug-likeness (QED) is 0.814. The molecule has 0 bridgehead atoms. The Hall–Kier alpha value is -1.60. The van der Waals surface area contributed by atoms with Crippen LogP contribution in [0.5, 0.6) is 0 Å². The SMILES string of the molecule is CCOC(=O)c1oc(N2CCC(N)C(OC)C2)nc1C. The van der Waals surface area contributed by atoms with Gasteiger partial charge in [-0.15, -0.1) is 0 Å². The largest absolute Gasteiger partial charge is 0.460 e. The fourth-order valence-electron chi connectivity index (χ4n) is 2.26. The number of hydrogen-bond donors (Lipinski definition) is 1. The minimum Gasteiger partial charge on any atom is -0.460 e. The van der Waals surface area contributed by atoms with Gasteiger partial charge in [0.05, 0.1) is 24.9 Å². The lowest BCUT2D eigenvalue weighted by atomic mass is 10.0. The number of aryl methyl sites for hydroxylation is 1. The number of oxazole rings is 1. The summed E-state index contributed by atoms with van der Waals surface area (Å²) in [5.41, 5.74) is 6.51. The highest BCUT2D eigenvalue weighted by molar-refractivity contribution is 5.87. The molecule has 1 aromatic heterocycles. The Morgan fingerprint density at radius 2 is 2.35 bits per heavy atom. The number of aromatic nitrogens is 1. The van der Waals surface area contributed by atoms with Crippen LogP contribution in [0.15, 0.2) is 4.42 Å². The Kier molecular flexibility index (Phi) is 4.61. The van der Waals surface area contributed by atoms with E-state index >= 15 is 0 Å². The molecule has 7 heteroatoms. The molecule has 1 aliphatic rings. The maximum atomic E-state index is 11.7. The van der Waals surface area contributed by atoms with Crippen LogP contribution in [0.25, 0.3) is 0 Å². The molecule has 7 nitrogen and oxygen atoms in total. The van der Waals surface area contributed by atoms with Crippen molar-refractivity contribution in [1.29, 1.82) is 0 Å². The maximum Gasteiger partial charge on any atom is 0.376 e. The van der Waals surface area contributed by atoms with E-state index in [0.717, 1.165) is 13.0 Å². The van der Waals surface area contributed by atoms with Gasteiger partial charge < -0.3 is 24.5 Å². The number of nitrogens with two attached hydrogens (primary N) is 1. The monoisotopic (exact) mass is 283 g/mol. The number of anilines is 1. The van der Waals surface area contributed by atoms with Crippen LogP contribution in [0.1, 0.15) is 29.6 Å². The van der Waals surface area contributed by atoms with Crippen LogP contribution < -0.4 is 10.6 Å². The van der Waals surface area contributed by atoms with E-state index in [0.29, 0.717) is 24.9 Å². The first-order valence-corrected chi connectivity index (χ1v) is 6.74. The lowest BCUT2D eigenvalue weighted by molar-refractivity contribution is 0.0488. The molecule has 20 heavy (non-hydrogen) atoms. The number of carbonyl (C=O) groups excluding carboxylic acids is 1. The fraction of sp³-hybridized carbons (Fsp3) is 0.692. The second-order valence-corrected chi connectivity index (χ2v) is 4.80. The summed E-state index contributed by atoms with van der Waals surface area (Å²) < 4.78 is 15.8. The van der Waals surface area contributed by atoms with E-state index in [1.54, 1.807) is 21.0 Å². The lowest BCUT2D eigenvalue weighted by Gasteiger charge is -2.34. The van der Waals surface area contributed by atoms with Crippen molar-refractivity contribution in [2.24, 2.45) is 5.73 Å². The first-order valence-electron chi connectivity index (χ1n) is 6.74. The van der Waals surface area contributed by atoms with E-state index in [-0.39, 0.29) is 17.9 Å². The Balaban J connectivity index is 2.13. The van der Waals surface area contributed by atoms with Crippen LogP contribution in [0.2, 0.25) is 0 Å². The number of ether oxygens (including phenoxy) is 2. The van der Waals surface area contributed by atoms with Gasteiger partial charge in [0.15, 0.2) is 0 Å². The first-order chi connectivity index (χ1) is 9.56. The molecule has 1 aromatic rings. The third kappa shape index (κ3) is 2.94. The van der Waals surface area contributed by atoms with Crippen LogP contribution in [-0.4, -0.2) is 49.9 Å². The van der Waals surface area contributed by atoms with Gasteiger partial charge in [-0.1, -0.05) is 0 Å². The highest BCUT2D eigenvalue weighted by Gasteiger charge is 2.30. The zero-order chi connectivity index (χ0) is 14.7. The number of nitrogens with zero attached hydrogens (tertiary/aromatic N) is 2. The molecule has 0 amide bonds. The molecule has 2 rings (SSSR count). The predicted octanol–water partition coefficient (Wildman–Crippen LogP) is 0.712. The second kappa shape index (κ2) is 6.23. The van der Waals surface area contributed by atoms with E-state index in [1.165, 1.54) is 0 Å².